The van der Waals surface area contributed by atoms with Crippen molar-refractivity contribution < 1.29 is 9.72 Å². The molecule has 37 heavy (non-hydrogen) atoms. The molecule has 0 aliphatic carbocycles. The summed E-state index contributed by atoms with van der Waals surface area (Å²) in [7, 11) is 2.06. The second kappa shape index (κ2) is 10.2. The molecular formula is C27H26N6O4. The van der Waals surface area contributed by atoms with Gasteiger partial charge in [-0.25, -0.2) is 5.43 Å². The van der Waals surface area contributed by atoms with E-state index in [-0.39, 0.29) is 23.6 Å². The number of carbonyl (C=O) groups excluding carboxylic acids is 1. The molecule has 4 aromatic rings. The largest absolute Gasteiger partial charge is 0.368 e. The quantitative estimate of drug-likeness (QED) is 0.189. The van der Waals surface area contributed by atoms with Crippen LogP contribution >= 0.6 is 0 Å². The number of rotatable bonds is 6. The number of hydrazone groups is 1. The molecule has 0 saturated carbocycles. The van der Waals surface area contributed by atoms with Crippen LogP contribution in [0.15, 0.2) is 76.6 Å². The Labute approximate surface area is 212 Å². The van der Waals surface area contributed by atoms with Gasteiger partial charge in [-0.1, -0.05) is 24.3 Å². The fourth-order valence-electron chi connectivity index (χ4n) is 4.69. The van der Waals surface area contributed by atoms with E-state index < -0.39 is 4.92 Å². The van der Waals surface area contributed by atoms with Gasteiger partial charge < -0.3 is 14.4 Å². The number of benzene rings is 3. The van der Waals surface area contributed by atoms with Crippen LogP contribution in [0.25, 0.3) is 21.8 Å². The van der Waals surface area contributed by atoms with Gasteiger partial charge in [0.25, 0.3) is 11.6 Å². The van der Waals surface area contributed by atoms with Gasteiger partial charge in [0.2, 0.25) is 0 Å². The van der Waals surface area contributed by atoms with Crippen LogP contribution in [0.2, 0.25) is 0 Å². The average molecular weight is 499 g/mol. The predicted molar refractivity (Wildman–Crippen MR) is 144 cm³/mol. The number of piperazine rings is 1. The van der Waals surface area contributed by atoms with E-state index in [2.05, 4.69) is 27.4 Å². The topological polar surface area (TPSA) is 113 Å². The smallest absolute Gasteiger partial charge is 0.270 e. The van der Waals surface area contributed by atoms with Gasteiger partial charge in [0.15, 0.2) is 5.43 Å². The third-order valence-electron chi connectivity index (χ3n) is 6.64. The van der Waals surface area contributed by atoms with E-state index in [1.807, 2.05) is 24.3 Å². The van der Waals surface area contributed by atoms with Gasteiger partial charge in [0, 0.05) is 60.3 Å². The summed E-state index contributed by atoms with van der Waals surface area (Å²) in [6.45, 7) is 3.28. The Hall–Kier alpha value is -4.57. The SMILES string of the molecule is CN1CCN(c2ccc([N+](=O)[O-])cc2/C=N\NC(=O)Cn2c3ccccc3c(=O)c3ccccc32)CC1. The Bertz CT molecular complexity index is 1530. The number of nitro groups is 1. The number of para-hydroxylation sites is 2. The number of nitrogens with one attached hydrogen (secondary N) is 1. The third-order valence-corrected chi connectivity index (χ3v) is 6.64. The van der Waals surface area contributed by atoms with E-state index in [9.17, 15) is 19.7 Å². The van der Waals surface area contributed by atoms with Crippen molar-refractivity contribution in [3.63, 3.8) is 0 Å². The van der Waals surface area contributed by atoms with Crippen LogP contribution in [0, 0.1) is 10.1 Å². The Balaban J connectivity index is 1.41. The summed E-state index contributed by atoms with van der Waals surface area (Å²) in [4.78, 5) is 41.1. The summed E-state index contributed by atoms with van der Waals surface area (Å²) in [5, 5.41) is 16.5. The van der Waals surface area contributed by atoms with Crippen molar-refractivity contribution in [3.8, 4) is 0 Å². The van der Waals surface area contributed by atoms with Gasteiger partial charge in [-0.2, -0.15) is 5.10 Å². The van der Waals surface area contributed by atoms with Crippen LogP contribution < -0.4 is 15.8 Å². The van der Waals surface area contributed by atoms with Gasteiger partial charge in [-0.05, 0) is 37.4 Å². The molecule has 5 rings (SSSR count). The number of nitrogens with zero attached hydrogens (tertiary/aromatic N) is 5. The highest BCUT2D eigenvalue weighted by Crippen LogP contribution is 2.25. The van der Waals surface area contributed by atoms with E-state index in [0.717, 1.165) is 31.9 Å². The molecule has 0 unspecified atom stereocenters. The van der Waals surface area contributed by atoms with E-state index in [4.69, 9.17) is 0 Å². The zero-order valence-electron chi connectivity index (χ0n) is 20.3. The molecule has 0 bridgehead atoms. The molecule has 0 atom stereocenters. The lowest BCUT2D eigenvalue weighted by atomic mass is 10.1. The van der Waals surface area contributed by atoms with Crippen molar-refractivity contribution in [1.82, 2.24) is 14.9 Å². The average Bonchev–Trinajstić information content (AvgIpc) is 2.91. The molecule has 1 N–H and O–H groups in total. The van der Waals surface area contributed by atoms with E-state index in [1.165, 1.54) is 18.3 Å². The van der Waals surface area contributed by atoms with Crippen LogP contribution in [-0.2, 0) is 11.3 Å². The highest BCUT2D eigenvalue weighted by molar-refractivity contribution is 5.95. The van der Waals surface area contributed by atoms with Gasteiger partial charge in [0.05, 0.1) is 22.2 Å². The second-order valence-corrected chi connectivity index (χ2v) is 9.03. The molecule has 1 aliphatic rings. The Morgan fingerprint density at radius 3 is 2.24 bits per heavy atom. The summed E-state index contributed by atoms with van der Waals surface area (Å²) >= 11 is 0. The molecule has 2 heterocycles. The summed E-state index contributed by atoms with van der Waals surface area (Å²) in [5.41, 5.74) is 5.11. The summed E-state index contributed by atoms with van der Waals surface area (Å²) in [6.07, 6.45) is 1.44. The van der Waals surface area contributed by atoms with Crippen molar-refractivity contribution in [2.24, 2.45) is 5.10 Å². The van der Waals surface area contributed by atoms with Crippen molar-refractivity contribution in [1.29, 1.82) is 0 Å². The number of carbonyl (C=O) groups is 1. The summed E-state index contributed by atoms with van der Waals surface area (Å²) in [5.74, 6) is -0.387. The van der Waals surface area contributed by atoms with E-state index in [1.54, 1.807) is 34.9 Å². The van der Waals surface area contributed by atoms with Crippen molar-refractivity contribution in [2.45, 2.75) is 6.54 Å². The zero-order valence-corrected chi connectivity index (χ0v) is 20.3. The van der Waals surface area contributed by atoms with Gasteiger partial charge in [-0.15, -0.1) is 0 Å². The number of non-ortho nitro benzene ring substituents is 1. The minimum Gasteiger partial charge on any atom is -0.368 e. The van der Waals surface area contributed by atoms with Crippen LogP contribution in [0.3, 0.4) is 0 Å². The Morgan fingerprint density at radius 2 is 1.62 bits per heavy atom. The van der Waals surface area contributed by atoms with Crippen LogP contribution in [-0.4, -0.2) is 59.7 Å². The van der Waals surface area contributed by atoms with Crippen molar-refractivity contribution in [2.75, 3.05) is 38.1 Å². The predicted octanol–water partition coefficient (Wildman–Crippen LogP) is 2.97. The third kappa shape index (κ3) is 4.91. The number of pyridine rings is 1. The van der Waals surface area contributed by atoms with Gasteiger partial charge >= 0.3 is 0 Å². The highest BCUT2D eigenvalue weighted by atomic mass is 16.6. The van der Waals surface area contributed by atoms with E-state index >= 15 is 0 Å². The lowest BCUT2D eigenvalue weighted by Crippen LogP contribution is -2.44. The Morgan fingerprint density at radius 1 is 1.00 bits per heavy atom. The molecule has 188 valence electrons. The molecule has 1 aromatic heterocycles. The first-order valence-corrected chi connectivity index (χ1v) is 12.0. The van der Waals surface area contributed by atoms with Gasteiger partial charge in [-0.3, -0.25) is 19.7 Å². The molecule has 1 saturated heterocycles. The van der Waals surface area contributed by atoms with Crippen molar-refractivity contribution >= 4 is 45.3 Å². The monoisotopic (exact) mass is 498 g/mol. The number of aromatic nitrogens is 1. The molecule has 1 fully saturated rings. The molecule has 0 radical (unpaired) electrons. The van der Waals surface area contributed by atoms with E-state index in [0.29, 0.717) is 27.4 Å². The maximum atomic E-state index is 12.9. The number of hydrogen-bond donors (Lipinski definition) is 1. The molecular weight excluding hydrogens is 472 g/mol. The first kappa shape index (κ1) is 24.1. The van der Waals surface area contributed by atoms with Crippen LogP contribution in [0.5, 0.6) is 0 Å². The maximum Gasteiger partial charge on any atom is 0.270 e. The minimum absolute atomic E-state index is 0.0446. The molecule has 10 nitrogen and oxygen atoms in total. The normalized spacial score (nSPS) is 14.5. The number of anilines is 1. The maximum absolute atomic E-state index is 12.9. The summed E-state index contributed by atoms with van der Waals surface area (Å²) in [6, 6.07) is 19.0. The Kier molecular flexibility index (Phi) is 6.65. The molecule has 1 aliphatic heterocycles. The highest BCUT2D eigenvalue weighted by Gasteiger charge is 2.19. The zero-order chi connectivity index (χ0) is 25.9. The molecule has 3 aromatic carbocycles. The molecule has 10 heteroatoms. The summed E-state index contributed by atoms with van der Waals surface area (Å²) < 4.78 is 1.79. The number of amides is 1. The number of nitro benzene ring substituents is 1. The second-order valence-electron chi connectivity index (χ2n) is 9.03. The number of likely N-dealkylation sites (N-methyl/N-ethyl adjacent to an activating group) is 1. The minimum atomic E-state index is -0.448. The van der Waals surface area contributed by atoms with Crippen molar-refractivity contribution in [3.05, 3.63) is 92.6 Å². The lowest BCUT2D eigenvalue weighted by molar-refractivity contribution is -0.384. The lowest BCUT2D eigenvalue weighted by Gasteiger charge is -2.34. The van der Waals surface area contributed by atoms with Crippen LogP contribution in [0.1, 0.15) is 5.56 Å². The number of fused-ring (bicyclic) bond motifs is 2. The van der Waals surface area contributed by atoms with Gasteiger partial charge in [0.1, 0.15) is 6.54 Å². The first-order chi connectivity index (χ1) is 17.9. The van der Waals surface area contributed by atoms with Crippen LogP contribution in [0.4, 0.5) is 11.4 Å². The molecule has 1 amide bonds. The molecule has 0 spiro atoms. The fourth-order valence-corrected chi connectivity index (χ4v) is 4.69. The number of hydrogen-bond acceptors (Lipinski definition) is 7. The first-order valence-electron chi connectivity index (χ1n) is 12.0. The standard InChI is InChI=1S/C27H26N6O4/c1-30-12-14-31(15-13-30)23-11-10-20(33(36)37)16-19(23)17-28-29-26(34)18-32-24-8-4-2-6-21(24)27(35)22-7-3-5-9-25(22)32/h2-11,16-17H,12-15,18H2,1H3,(H,29,34)/b28-17-. The fraction of sp³-hybridized carbons (Fsp3) is 0.222.